The molecule has 0 bridgehead atoms. The summed E-state index contributed by atoms with van der Waals surface area (Å²) in [6.45, 7) is 7.04. The Hall–Kier alpha value is -2.28. The molecule has 7 heteroatoms. The van der Waals surface area contributed by atoms with Crippen LogP contribution in [-0.2, 0) is 16.0 Å². The van der Waals surface area contributed by atoms with E-state index in [1.165, 1.54) is 0 Å². The van der Waals surface area contributed by atoms with E-state index in [1.807, 2.05) is 23.1 Å². The second-order valence-electron chi connectivity index (χ2n) is 8.04. The van der Waals surface area contributed by atoms with E-state index in [1.54, 1.807) is 27.7 Å². The van der Waals surface area contributed by atoms with Crippen molar-refractivity contribution in [3.05, 3.63) is 23.8 Å². The normalized spacial score (nSPS) is 18.6. The number of nitrogens with zero attached hydrogens (tertiary/aromatic N) is 1. The van der Waals surface area contributed by atoms with E-state index in [0.717, 1.165) is 29.8 Å². The molecule has 26 heavy (non-hydrogen) atoms. The standard InChI is InChI=1S/C19H27N3O4/c1-11(23)17(21-18(25)26-19(2,3)4)22(13-5-6-13)14-7-8-15-12(9-14)10-16(24)20-15/h7-9,11,13,17,23H,5-6,10H2,1-4H3,(H,20,24)(H,21,25). The van der Waals surface area contributed by atoms with Gasteiger partial charge in [-0.25, -0.2) is 4.79 Å². The molecule has 142 valence electrons. The molecule has 0 radical (unpaired) electrons. The highest BCUT2D eigenvalue weighted by atomic mass is 16.6. The van der Waals surface area contributed by atoms with Crippen LogP contribution in [0.2, 0.25) is 0 Å². The van der Waals surface area contributed by atoms with Crippen molar-refractivity contribution in [1.82, 2.24) is 5.32 Å². The molecule has 0 saturated heterocycles. The van der Waals surface area contributed by atoms with Crippen LogP contribution in [-0.4, -0.2) is 41.0 Å². The Morgan fingerprint density at radius 2 is 2.08 bits per heavy atom. The molecule has 3 rings (SSSR count). The number of carbonyl (C=O) groups excluding carboxylic acids is 2. The maximum Gasteiger partial charge on any atom is 0.409 e. The molecular weight excluding hydrogens is 334 g/mol. The van der Waals surface area contributed by atoms with Crippen molar-refractivity contribution in [2.45, 2.75) is 70.9 Å². The Morgan fingerprint density at radius 3 is 2.65 bits per heavy atom. The molecule has 1 aliphatic heterocycles. The summed E-state index contributed by atoms with van der Waals surface area (Å²) in [6.07, 6.45) is 0.366. The number of anilines is 2. The molecule has 1 fully saturated rings. The summed E-state index contributed by atoms with van der Waals surface area (Å²) in [5.41, 5.74) is 2.02. The number of aliphatic hydroxyl groups excluding tert-OH is 1. The van der Waals surface area contributed by atoms with Gasteiger partial charge in [-0.1, -0.05) is 0 Å². The minimum atomic E-state index is -0.795. The molecule has 2 aliphatic rings. The average Bonchev–Trinajstić information content (AvgIpc) is 3.25. The largest absolute Gasteiger partial charge is 0.444 e. The van der Waals surface area contributed by atoms with Crippen molar-refractivity contribution >= 4 is 23.4 Å². The van der Waals surface area contributed by atoms with Crippen LogP contribution in [0.25, 0.3) is 0 Å². The Kier molecular flexibility index (Phi) is 4.84. The van der Waals surface area contributed by atoms with E-state index in [-0.39, 0.29) is 11.9 Å². The summed E-state index contributed by atoms with van der Waals surface area (Å²) in [6, 6.07) is 5.98. The Balaban J connectivity index is 1.84. The van der Waals surface area contributed by atoms with Crippen LogP contribution in [0.15, 0.2) is 18.2 Å². The van der Waals surface area contributed by atoms with E-state index < -0.39 is 24.0 Å². The number of fused-ring (bicyclic) bond motifs is 1. The molecule has 1 heterocycles. The van der Waals surface area contributed by atoms with Crippen LogP contribution in [0, 0.1) is 0 Å². The number of benzene rings is 1. The molecule has 1 saturated carbocycles. The summed E-state index contributed by atoms with van der Waals surface area (Å²) in [4.78, 5) is 25.9. The number of hydrogen-bond acceptors (Lipinski definition) is 5. The fourth-order valence-corrected chi connectivity index (χ4v) is 3.18. The van der Waals surface area contributed by atoms with Crippen LogP contribution in [0.1, 0.15) is 46.1 Å². The van der Waals surface area contributed by atoms with Crippen molar-refractivity contribution in [2.75, 3.05) is 10.2 Å². The lowest BCUT2D eigenvalue weighted by molar-refractivity contribution is -0.115. The first kappa shape index (κ1) is 18.5. The van der Waals surface area contributed by atoms with Gasteiger partial charge < -0.3 is 20.1 Å². The summed E-state index contributed by atoms with van der Waals surface area (Å²) in [5, 5.41) is 15.9. The minimum absolute atomic E-state index is 0.0194. The summed E-state index contributed by atoms with van der Waals surface area (Å²) in [5.74, 6) is -0.0194. The van der Waals surface area contributed by atoms with E-state index >= 15 is 0 Å². The first-order valence-corrected chi connectivity index (χ1v) is 9.03. The third-order valence-electron chi connectivity index (χ3n) is 4.37. The Morgan fingerprint density at radius 1 is 1.38 bits per heavy atom. The van der Waals surface area contributed by atoms with E-state index in [9.17, 15) is 14.7 Å². The zero-order valence-electron chi connectivity index (χ0n) is 15.7. The van der Waals surface area contributed by atoms with E-state index in [0.29, 0.717) is 6.42 Å². The predicted octanol–water partition coefficient (Wildman–Crippen LogP) is 2.38. The maximum absolute atomic E-state index is 12.3. The lowest BCUT2D eigenvalue weighted by Gasteiger charge is -2.36. The van der Waals surface area contributed by atoms with Gasteiger partial charge in [0.25, 0.3) is 0 Å². The van der Waals surface area contributed by atoms with Gasteiger partial charge in [-0.3, -0.25) is 10.1 Å². The van der Waals surface area contributed by atoms with Crippen LogP contribution in [0.5, 0.6) is 0 Å². The molecule has 3 N–H and O–H groups in total. The predicted molar refractivity (Wildman–Crippen MR) is 99.1 cm³/mol. The SMILES string of the molecule is CC(O)C(NC(=O)OC(C)(C)C)N(c1ccc2c(c1)CC(=O)N2)C1CC1. The minimum Gasteiger partial charge on any atom is -0.444 e. The fraction of sp³-hybridized carbons (Fsp3) is 0.579. The molecule has 1 aromatic rings. The number of amides is 2. The fourth-order valence-electron chi connectivity index (χ4n) is 3.18. The van der Waals surface area contributed by atoms with Gasteiger partial charge in [0.1, 0.15) is 11.8 Å². The van der Waals surface area contributed by atoms with Gasteiger partial charge in [0.2, 0.25) is 5.91 Å². The monoisotopic (exact) mass is 361 g/mol. The number of alkyl carbamates (subject to hydrolysis) is 1. The first-order valence-electron chi connectivity index (χ1n) is 9.03. The molecule has 1 aliphatic carbocycles. The van der Waals surface area contributed by atoms with Gasteiger partial charge in [0.15, 0.2) is 0 Å². The Bertz CT molecular complexity index is 707. The summed E-state index contributed by atoms with van der Waals surface area (Å²) in [7, 11) is 0. The second-order valence-corrected chi connectivity index (χ2v) is 8.04. The highest BCUT2D eigenvalue weighted by molar-refractivity contribution is 5.99. The van der Waals surface area contributed by atoms with Crippen LogP contribution in [0.3, 0.4) is 0 Å². The van der Waals surface area contributed by atoms with Crippen molar-refractivity contribution in [1.29, 1.82) is 0 Å². The quantitative estimate of drug-likeness (QED) is 0.701. The third kappa shape index (κ3) is 4.27. The van der Waals surface area contributed by atoms with Gasteiger partial charge >= 0.3 is 6.09 Å². The average molecular weight is 361 g/mol. The van der Waals surface area contributed by atoms with Crippen LogP contribution >= 0.6 is 0 Å². The van der Waals surface area contributed by atoms with E-state index in [4.69, 9.17) is 4.74 Å². The van der Waals surface area contributed by atoms with E-state index in [2.05, 4.69) is 10.6 Å². The van der Waals surface area contributed by atoms with Gasteiger partial charge in [0, 0.05) is 17.4 Å². The topological polar surface area (TPSA) is 90.9 Å². The lowest BCUT2D eigenvalue weighted by Crippen LogP contribution is -2.56. The molecule has 1 aromatic carbocycles. The molecule has 0 spiro atoms. The number of rotatable bonds is 5. The summed E-state index contributed by atoms with van der Waals surface area (Å²) < 4.78 is 5.35. The maximum atomic E-state index is 12.3. The number of hydrogen-bond donors (Lipinski definition) is 3. The molecule has 2 unspecified atom stereocenters. The van der Waals surface area contributed by atoms with Gasteiger partial charge in [-0.15, -0.1) is 0 Å². The number of nitrogens with one attached hydrogen (secondary N) is 2. The smallest absolute Gasteiger partial charge is 0.409 e. The van der Waals surface area contributed by atoms with Crippen molar-refractivity contribution in [3.63, 3.8) is 0 Å². The number of aliphatic hydroxyl groups is 1. The molecule has 2 atom stereocenters. The van der Waals surface area contributed by atoms with Gasteiger partial charge in [0.05, 0.1) is 12.5 Å². The highest BCUT2D eigenvalue weighted by Crippen LogP contribution is 2.36. The molecular formula is C19H27N3O4. The second kappa shape index (κ2) is 6.79. The van der Waals surface area contributed by atoms with Gasteiger partial charge in [-0.05, 0) is 64.3 Å². The summed E-state index contributed by atoms with van der Waals surface area (Å²) >= 11 is 0. The highest BCUT2D eigenvalue weighted by Gasteiger charge is 2.38. The number of ether oxygens (including phenoxy) is 1. The first-order chi connectivity index (χ1) is 12.1. The van der Waals surface area contributed by atoms with Crippen molar-refractivity contribution < 1.29 is 19.4 Å². The molecule has 2 amide bonds. The lowest BCUT2D eigenvalue weighted by atomic mass is 10.1. The van der Waals surface area contributed by atoms with Crippen molar-refractivity contribution in [3.8, 4) is 0 Å². The third-order valence-corrected chi connectivity index (χ3v) is 4.37. The van der Waals surface area contributed by atoms with Gasteiger partial charge in [-0.2, -0.15) is 0 Å². The number of carbonyl (C=O) groups is 2. The Labute approximate surface area is 153 Å². The molecule has 7 nitrogen and oxygen atoms in total. The molecule has 0 aromatic heterocycles. The zero-order valence-corrected chi connectivity index (χ0v) is 15.7. The zero-order chi connectivity index (χ0) is 19.1. The van der Waals surface area contributed by atoms with Crippen LogP contribution < -0.4 is 15.5 Å². The van der Waals surface area contributed by atoms with Crippen LogP contribution in [0.4, 0.5) is 16.2 Å². The van der Waals surface area contributed by atoms with Crippen molar-refractivity contribution in [2.24, 2.45) is 0 Å².